The number of H-pyrrole nitrogens is 1. The molecule has 2 amide bonds. The SMILES string of the molecule is COC[C@@]1(C(=O)Nc2ccc3[nH]nc(-c4ccc(F)cc4)c3c2)CCN(CC(=O)N2CCN(c3ccc(-c4ncccn4)cc3)C[C@H]2C)C1. The van der Waals surface area contributed by atoms with Gasteiger partial charge in [0.15, 0.2) is 5.82 Å². The van der Waals surface area contributed by atoms with E-state index in [0.717, 1.165) is 40.8 Å². The molecule has 252 valence electrons. The van der Waals surface area contributed by atoms with Gasteiger partial charge < -0.3 is 19.9 Å². The number of piperazine rings is 1. The van der Waals surface area contributed by atoms with E-state index in [1.165, 1.54) is 12.1 Å². The first-order chi connectivity index (χ1) is 23.8. The topological polar surface area (TPSA) is 120 Å². The van der Waals surface area contributed by atoms with Gasteiger partial charge in [0.1, 0.15) is 5.82 Å². The number of halogens is 1. The minimum absolute atomic E-state index is 0.0330. The number of anilines is 2. The Bertz CT molecular complexity index is 1940. The number of aromatic nitrogens is 4. The number of methoxy groups -OCH3 is 1. The van der Waals surface area contributed by atoms with Crippen LogP contribution in [0, 0.1) is 11.2 Å². The van der Waals surface area contributed by atoms with Gasteiger partial charge in [0.05, 0.1) is 29.8 Å². The standard InChI is InChI=1S/C37H39FN8O3/c1-25-21-45(30-11-6-27(7-12-30)35-39-15-3-16-40-35)18-19-46(25)33(47)22-44-17-14-37(23-44,24-49-2)36(48)41-29-10-13-32-31(20-29)34(43-42-32)26-4-8-28(38)9-5-26/h3-13,15-16,20,25H,14,17-19,21-24H2,1-2H3,(H,41,48)(H,42,43)/t25-,37-/m1/s1. The normalized spacial score (nSPS) is 19.8. The van der Waals surface area contributed by atoms with Gasteiger partial charge in [0.2, 0.25) is 11.8 Å². The molecule has 7 rings (SSSR count). The van der Waals surface area contributed by atoms with Gasteiger partial charge in [-0.25, -0.2) is 14.4 Å². The van der Waals surface area contributed by atoms with Crippen molar-refractivity contribution >= 4 is 34.1 Å². The number of likely N-dealkylation sites (tertiary alicyclic amines) is 1. The fraction of sp³-hybridized carbons (Fsp3) is 0.324. The van der Waals surface area contributed by atoms with E-state index >= 15 is 0 Å². The number of hydrogen-bond donors (Lipinski definition) is 2. The number of nitrogens with one attached hydrogen (secondary N) is 2. The number of ether oxygens (including phenoxy) is 1. The lowest BCUT2D eigenvalue weighted by atomic mass is 9.87. The van der Waals surface area contributed by atoms with E-state index in [-0.39, 0.29) is 36.8 Å². The van der Waals surface area contributed by atoms with Gasteiger partial charge >= 0.3 is 0 Å². The predicted molar refractivity (Wildman–Crippen MR) is 186 cm³/mol. The number of aromatic amines is 1. The maximum atomic E-state index is 13.9. The highest BCUT2D eigenvalue weighted by molar-refractivity contribution is 6.00. The zero-order chi connectivity index (χ0) is 34.0. The summed E-state index contributed by atoms with van der Waals surface area (Å²) < 4.78 is 19.1. The molecule has 0 saturated carbocycles. The third-order valence-electron chi connectivity index (χ3n) is 9.64. The van der Waals surface area contributed by atoms with Crippen molar-refractivity contribution < 1.29 is 18.7 Å². The lowest BCUT2D eigenvalue weighted by Gasteiger charge is -2.41. The molecule has 49 heavy (non-hydrogen) atoms. The van der Waals surface area contributed by atoms with Crippen LogP contribution < -0.4 is 10.2 Å². The molecule has 2 aliphatic rings. The Balaban J connectivity index is 0.970. The van der Waals surface area contributed by atoms with Crippen LogP contribution in [0.5, 0.6) is 0 Å². The Morgan fingerprint density at radius 3 is 2.49 bits per heavy atom. The van der Waals surface area contributed by atoms with E-state index in [2.05, 4.69) is 54.3 Å². The minimum Gasteiger partial charge on any atom is -0.384 e. The van der Waals surface area contributed by atoms with E-state index in [4.69, 9.17) is 4.74 Å². The monoisotopic (exact) mass is 662 g/mol. The van der Waals surface area contributed by atoms with Crippen LogP contribution in [0.15, 0.2) is 85.2 Å². The highest BCUT2D eigenvalue weighted by Crippen LogP contribution is 2.34. The number of rotatable bonds is 9. The van der Waals surface area contributed by atoms with Crippen molar-refractivity contribution in [1.29, 1.82) is 0 Å². The summed E-state index contributed by atoms with van der Waals surface area (Å²) >= 11 is 0. The highest BCUT2D eigenvalue weighted by Gasteiger charge is 2.45. The second kappa shape index (κ2) is 13.7. The molecule has 0 aliphatic carbocycles. The third-order valence-corrected chi connectivity index (χ3v) is 9.64. The second-order valence-electron chi connectivity index (χ2n) is 13.0. The lowest BCUT2D eigenvalue weighted by Crippen LogP contribution is -2.56. The first-order valence-corrected chi connectivity index (χ1v) is 16.5. The van der Waals surface area contributed by atoms with Gasteiger partial charge in [-0.15, -0.1) is 0 Å². The molecule has 5 aromatic rings. The molecule has 12 heteroatoms. The average Bonchev–Trinajstić information content (AvgIpc) is 3.73. The Kier molecular flexibility index (Phi) is 9.07. The van der Waals surface area contributed by atoms with E-state index < -0.39 is 5.41 Å². The lowest BCUT2D eigenvalue weighted by molar-refractivity contribution is -0.135. The summed E-state index contributed by atoms with van der Waals surface area (Å²) in [5, 5.41) is 11.4. The Labute approximate surface area is 284 Å². The van der Waals surface area contributed by atoms with Gasteiger partial charge in [0, 0.05) is 79.6 Å². The molecule has 0 radical (unpaired) electrons. The fourth-order valence-electron chi connectivity index (χ4n) is 7.04. The molecule has 11 nitrogen and oxygen atoms in total. The first-order valence-electron chi connectivity index (χ1n) is 16.5. The predicted octanol–water partition coefficient (Wildman–Crippen LogP) is 4.84. The molecule has 2 aliphatic heterocycles. The van der Waals surface area contributed by atoms with Crippen LogP contribution in [0.2, 0.25) is 0 Å². The quantitative estimate of drug-likeness (QED) is 0.230. The number of nitrogens with zero attached hydrogens (tertiary/aromatic N) is 6. The minimum atomic E-state index is -0.804. The van der Waals surface area contributed by atoms with Crippen molar-refractivity contribution in [2.75, 3.05) is 63.2 Å². The summed E-state index contributed by atoms with van der Waals surface area (Å²) in [4.78, 5) is 42.4. The molecule has 4 heterocycles. The molecule has 2 aromatic heterocycles. The zero-order valence-electron chi connectivity index (χ0n) is 27.6. The van der Waals surface area contributed by atoms with Gasteiger partial charge in [0.25, 0.3) is 0 Å². The fourth-order valence-corrected chi connectivity index (χ4v) is 7.04. The largest absolute Gasteiger partial charge is 0.384 e. The summed E-state index contributed by atoms with van der Waals surface area (Å²) in [5.74, 6) is 0.292. The van der Waals surface area contributed by atoms with Gasteiger partial charge in [-0.2, -0.15) is 5.10 Å². The van der Waals surface area contributed by atoms with Crippen LogP contribution in [0.4, 0.5) is 15.8 Å². The highest BCUT2D eigenvalue weighted by atomic mass is 19.1. The maximum absolute atomic E-state index is 13.9. The molecule has 2 fully saturated rings. The van der Waals surface area contributed by atoms with Crippen molar-refractivity contribution in [3.63, 3.8) is 0 Å². The Morgan fingerprint density at radius 2 is 1.76 bits per heavy atom. The van der Waals surface area contributed by atoms with Crippen LogP contribution in [0.3, 0.4) is 0 Å². The molecule has 3 aromatic carbocycles. The van der Waals surface area contributed by atoms with Crippen molar-refractivity contribution in [3.05, 3.63) is 91.0 Å². The van der Waals surface area contributed by atoms with Crippen LogP contribution in [0.25, 0.3) is 33.5 Å². The van der Waals surface area contributed by atoms with Gasteiger partial charge in [-0.3, -0.25) is 19.6 Å². The van der Waals surface area contributed by atoms with E-state index in [9.17, 15) is 14.0 Å². The van der Waals surface area contributed by atoms with Crippen molar-refractivity contribution in [2.24, 2.45) is 5.41 Å². The van der Waals surface area contributed by atoms with Crippen LogP contribution in [-0.4, -0.2) is 101 Å². The second-order valence-corrected chi connectivity index (χ2v) is 13.0. The molecule has 2 atom stereocenters. The van der Waals surface area contributed by atoms with Crippen LogP contribution in [0.1, 0.15) is 13.3 Å². The summed E-state index contributed by atoms with van der Waals surface area (Å²) in [5.41, 5.74) is 4.14. The molecule has 0 unspecified atom stereocenters. The van der Waals surface area contributed by atoms with Crippen molar-refractivity contribution in [2.45, 2.75) is 19.4 Å². The van der Waals surface area contributed by atoms with E-state index in [1.54, 1.807) is 37.7 Å². The molecular weight excluding hydrogens is 623 g/mol. The number of benzene rings is 3. The number of carbonyl (C=O) groups is 2. The summed E-state index contributed by atoms with van der Waals surface area (Å²) in [6.07, 6.45) is 4.04. The van der Waals surface area contributed by atoms with Crippen LogP contribution in [-0.2, 0) is 14.3 Å². The van der Waals surface area contributed by atoms with Crippen molar-refractivity contribution in [3.8, 4) is 22.6 Å². The molecule has 2 N–H and O–H groups in total. The summed E-state index contributed by atoms with van der Waals surface area (Å²) in [6.45, 7) is 5.69. The maximum Gasteiger partial charge on any atom is 0.237 e. The van der Waals surface area contributed by atoms with E-state index in [0.29, 0.717) is 43.3 Å². The molecule has 2 saturated heterocycles. The summed E-state index contributed by atoms with van der Waals surface area (Å²) in [6, 6.07) is 21.8. The number of hydrogen-bond acceptors (Lipinski definition) is 8. The molecule has 0 bridgehead atoms. The first kappa shape index (κ1) is 32.4. The Morgan fingerprint density at radius 1 is 1.00 bits per heavy atom. The van der Waals surface area contributed by atoms with E-state index in [1.807, 2.05) is 35.2 Å². The van der Waals surface area contributed by atoms with Crippen LogP contribution >= 0.6 is 0 Å². The number of fused-ring (bicyclic) bond motifs is 1. The van der Waals surface area contributed by atoms with Crippen molar-refractivity contribution in [1.82, 2.24) is 30.0 Å². The Hall–Kier alpha value is -5.20. The van der Waals surface area contributed by atoms with Gasteiger partial charge in [-0.05, 0) is 92.7 Å². The third kappa shape index (κ3) is 6.74. The average molecular weight is 663 g/mol. The van der Waals surface area contributed by atoms with Gasteiger partial charge in [-0.1, -0.05) is 0 Å². The number of amides is 2. The summed E-state index contributed by atoms with van der Waals surface area (Å²) in [7, 11) is 1.60. The number of carbonyl (C=O) groups excluding carboxylic acids is 2. The zero-order valence-corrected chi connectivity index (χ0v) is 27.6. The molecule has 0 spiro atoms. The molecular formula is C37H39FN8O3. The smallest absolute Gasteiger partial charge is 0.237 e.